The summed E-state index contributed by atoms with van der Waals surface area (Å²) in [5.74, 6) is -0.938. The van der Waals surface area contributed by atoms with E-state index < -0.39 is 21.5 Å². The van der Waals surface area contributed by atoms with Gasteiger partial charge in [-0.3, -0.25) is 0 Å². The molecule has 20 heavy (non-hydrogen) atoms. The molecule has 2 N–H and O–H groups in total. The number of para-hydroxylation sites is 1. The highest BCUT2D eigenvalue weighted by Crippen LogP contribution is 2.37. The van der Waals surface area contributed by atoms with Gasteiger partial charge in [-0.05, 0) is 38.9 Å². The van der Waals surface area contributed by atoms with Crippen molar-refractivity contribution in [2.75, 3.05) is 18.5 Å². The molecule has 1 unspecified atom stereocenters. The van der Waals surface area contributed by atoms with E-state index in [1.165, 1.54) is 13.1 Å². The summed E-state index contributed by atoms with van der Waals surface area (Å²) in [5, 5.41) is 9.45. The number of hydrogen-bond donors (Lipinski definition) is 2. The van der Waals surface area contributed by atoms with Gasteiger partial charge in [-0.2, -0.15) is 0 Å². The van der Waals surface area contributed by atoms with Gasteiger partial charge in [0.15, 0.2) is 0 Å². The average molecular weight is 298 g/mol. The molecule has 1 aliphatic heterocycles. The second kappa shape index (κ2) is 5.06. The molecular formula is C13H18N2O4S. The summed E-state index contributed by atoms with van der Waals surface area (Å²) in [6, 6.07) is 6.48. The van der Waals surface area contributed by atoms with Gasteiger partial charge in [-0.15, -0.1) is 0 Å². The Kier molecular flexibility index (Phi) is 3.75. The third kappa shape index (κ3) is 2.27. The number of benzene rings is 1. The maximum Gasteiger partial charge on any atom is 0.329 e. The third-order valence-electron chi connectivity index (χ3n) is 3.82. The molecule has 1 aliphatic rings. The second-order valence-electron chi connectivity index (χ2n) is 5.01. The van der Waals surface area contributed by atoms with E-state index in [9.17, 15) is 18.3 Å². The summed E-state index contributed by atoms with van der Waals surface area (Å²) in [4.78, 5) is 13.3. The lowest BCUT2D eigenvalue weighted by molar-refractivity contribution is -0.142. The van der Waals surface area contributed by atoms with E-state index in [0.717, 1.165) is 6.42 Å². The molecule has 110 valence electrons. The molecule has 1 aromatic carbocycles. The van der Waals surface area contributed by atoms with Crippen molar-refractivity contribution in [3.05, 3.63) is 24.3 Å². The number of nitrogens with one attached hydrogen (secondary N) is 1. The van der Waals surface area contributed by atoms with Gasteiger partial charge in [0.05, 0.1) is 5.69 Å². The summed E-state index contributed by atoms with van der Waals surface area (Å²) in [6.45, 7) is 2.16. The monoisotopic (exact) mass is 298 g/mol. The number of carboxylic acid groups (broad SMARTS) is 1. The molecule has 0 radical (unpaired) electrons. The first-order valence-corrected chi connectivity index (χ1v) is 7.85. The SMILES string of the molecule is CNS(=O)(=O)c1ccccc1N1CCCC1(C)C(=O)O. The van der Waals surface area contributed by atoms with Crippen molar-refractivity contribution in [1.82, 2.24) is 4.72 Å². The lowest BCUT2D eigenvalue weighted by Gasteiger charge is -2.34. The smallest absolute Gasteiger partial charge is 0.329 e. The van der Waals surface area contributed by atoms with Gasteiger partial charge in [0.25, 0.3) is 0 Å². The predicted molar refractivity (Wildman–Crippen MR) is 75.3 cm³/mol. The van der Waals surface area contributed by atoms with Crippen LogP contribution in [-0.2, 0) is 14.8 Å². The van der Waals surface area contributed by atoms with Crippen LogP contribution in [0.1, 0.15) is 19.8 Å². The number of carboxylic acids is 1. The van der Waals surface area contributed by atoms with Crippen molar-refractivity contribution in [3.63, 3.8) is 0 Å². The molecule has 0 amide bonds. The topological polar surface area (TPSA) is 86.7 Å². The van der Waals surface area contributed by atoms with Gasteiger partial charge in [0.1, 0.15) is 10.4 Å². The Morgan fingerprint density at radius 2 is 2.05 bits per heavy atom. The molecule has 1 heterocycles. The van der Waals surface area contributed by atoms with Crippen LogP contribution in [0.4, 0.5) is 5.69 Å². The van der Waals surface area contributed by atoms with Crippen LogP contribution < -0.4 is 9.62 Å². The van der Waals surface area contributed by atoms with Crippen LogP contribution in [0, 0.1) is 0 Å². The molecule has 1 aromatic rings. The zero-order chi connectivity index (χ0) is 15.0. The van der Waals surface area contributed by atoms with Crippen molar-refractivity contribution in [3.8, 4) is 0 Å². The van der Waals surface area contributed by atoms with Crippen molar-refractivity contribution in [2.24, 2.45) is 0 Å². The third-order valence-corrected chi connectivity index (χ3v) is 5.28. The molecule has 0 aromatic heterocycles. The zero-order valence-electron chi connectivity index (χ0n) is 11.5. The van der Waals surface area contributed by atoms with E-state index in [-0.39, 0.29) is 4.90 Å². The van der Waals surface area contributed by atoms with E-state index in [4.69, 9.17) is 0 Å². The summed E-state index contributed by atoms with van der Waals surface area (Å²) in [6.07, 6.45) is 1.22. The minimum atomic E-state index is -3.63. The average Bonchev–Trinajstić information content (AvgIpc) is 2.82. The number of carbonyl (C=O) groups is 1. The highest BCUT2D eigenvalue weighted by Gasteiger charge is 2.44. The van der Waals surface area contributed by atoms with Gasteiger partial charge in [0, 0.05) is 6.54 Å². The van der Waals surface area contributed by atoms with E-state index in [1.807, 2.05) is 0 Å². The van der Waals surface area contributed by atoms with Crippen LogP contribution in [0.25, 0.3) is 0 Å². The molecule has 1 fully saturated rings. The van der Waals surface area contributed by atoms with Crippen LogP contribution in [0.15, 0.2) is 29.2 Å². The highest BCUT2D eigenvalue weighted by atomic mass is 32.2. The Labute approximate surface area is 118 Å². The molecule has 2 rings (SSSR count). The summed E-state index contributed by atoms with van der Waals surface area (Å²) < 4.78 is 26.4. The number of anilines is 1. The van der Waals surface area contributed by atoms with Gasteiger partial charge < -0.3 is 10.0 Å². The standard InChI is InChI=1S/C13H18N2O4S/c1-13(12(16)17)8-5-9-15(13)10-6-3-4-7-11(10)20(18,19)14-2/h3-4,6-7,14H,5,8-9H2,1-2H3,(H,16,17). The van der Waals surface area contributed by atoms with E-state index in [0.29, 0.717) is 18.7 Å². The van der Waals surface area contributed by atoms with Crippen LogP contribution in [-0.4, -0.2) is 38.6 Å². The van der Waals surface area contributed by atoms with Crippen molar-refractivity contribution < 1.29 is 18.3 Å². The number of rotatable bonds is 4. The van der Waals surface area contributed by atoms with E-state index in [2.05, 4.69) is 4.72 Å². The van der Waals surface area contributed by atoms with Crippen molar-refractivity contribution in [2.45, 2.75) is 30.2 Å². The Balaban J connectivity index is 2.57. The maximum absolute atomic E-state index is 12.1. The van der Waals surface area contributed by atoms with E-state index in [1.54, 1.807) is 30.0 Å². The fourth-order valence-corrected chi connectivity index (χ4v) is 3.52. The van der Waals surface area contributed by atoms with Crippen molar-refractivity contribution >= 4 is 21.7 Å². The Bertz CT molecular complexity index is 629. The molecule has 0 spiro atoms. The van der Waals surface area contributed by atoms with E-state index >= 15 is 0 Å². The molecule has 0 aliphatic carbocycles. The number of hydrogen-bond acceptors (Lipinski definition) is 4. The molecular weight excluding hydrogens is 280 g/mol. The summed E-state index contributed by atoms with van der Waals surface area (Å²) in [5.41, 5.74) is -0.636. The molecule has 0 saturated carbocycles. The van der Waals surface area contributed by atoms with Crippen molar-refractivity contribution in [1.29, 1.82) is 0 Å². The quantitative estimate of drug-likeness (QED) is 0.867. The molecule has 1 atom stereocenters. The first kappa shape index (κ1) is 14.8. The molecule has 7 heteroatoms. The van der Waals surface area contributed by atoms with Gasteiger partial charge in [-0.25, -0.2) is 17.9 Å². The van der Waals surface area contributed by atoms with Crippen LogP contribution in [0.2, 0.25) is 0 Å². The molecule has 1 saturated heterocycles. The molecule has 6 nitrogen and oxygen atoms in total. The normalized spacial score (nSPS) is 23.0. The van der Waals surface area contributed by atoms with Crippen LogP contribution in [0.3, 0.4) is 0 Å². The lowest BCUT2D eigenvalue weighted by Crippen LogP contribution is -2.48. The Morgan fingerprint density at radius 1 is 1.40 bits per heavy atom. The molecule has 0 bridgehead atoms. The van der Waals surface area contributed by atoms with Crippen LogP contribution >= 0.6 is 0 Å². The fraction of sp³-hybridized carbons (Fsp3) is 0.462. The van der Waals surface area contributed by atoms with Crippen LogP contribution in [0.5, 0.6) is 0 Å². The fourth-order valence-electron chi connectivity index (χ4n) is 2.59. The predicted octanol–water partition coefficient (Wildman–Crippen LogP) is 1.04. The van der Waals surface area contributed by atoms with Gasteiger partial charge >= 0.3 is 5.97 Å². The lowest BCUT2D eigenvalue weighted by atomic mass is 9.99. The largest absolute Gasteiger partial charge is 0.480 e. The maximum atomic E-state index is 12.1. The zero-order valence-corrected chi connectivity index (χ0v) is 12.3. The van der Waals surface area contributed by atoms with Gasteiger partial charge in [-0.1, -0.05) is 12.1 Å². The number of nitrogens with zero attached hydrogens (tertiary/aromatic N) is 1. The Morgan fingerprint density at radius 3 is 2.65 bits per heavy atom. The Hall–Kier alpha value is -1.60. The summed E-state index contributed by atoms with van der Waals surface area (Å²) >= 11 is 0. The minimum absolute atomic E-state index is 0.108. The number of sulfonamides is 1. The highest BCUT2D eigenvalue weighted by molar-refractivity contribution is 7.89. The minimum Gasteiger partial charge on any atom is -0.480 e. The first-order valence-electron chi connectivity index (χ1n) is 6.36. The first-order chi connectivity index (χ1) is 9.33. The van der Waals surface area contributed by atoms with Gasteiger partial charge in [0.2, 0.25) is 10.0 Å². The summed E-state index contributed by atoms with van der Waals surface area (Å²) in [7, 11) is -2.29. The number of aliphatic carboxylic acids is 1. The second-order valence-corrected chi connectivity index (χ2v) is 6.86.